The van der Waals surface area contributed by atoms with Crippen molar-refractivity contribution in [2.45, 2.75) is 19.3 Å². The van der Waals surface area contributed by atoms with Crippen molar-refractivity contribution in [1.82, 2.24) is 0 Å². The van der Waals surface area contributed by atoms with Gasteiger partial charge in [-0.25, -0.2) is 0 Å². The predicted molar refractivity (Wildman–Crippen MR) is 65.2 cm³/mol. The van der Waals surface area contributed by atoms with E-state index in [0.717, 1.165) is 19.6 Å². The van der Waals surface area contributed by atoms with Crippen LogP contribution >= 0.6 is 20.2 Å². The first kappa shape index (κ1) is 15.3. The molecule has 15 heavy (non-hydrogen) atoms. The normalized spacial score (nSPS) is 17.7. The first-order valence-electron chi connectivity index (χ1n) is 4.90. The number of piperidine rings is 1. The SMILES string of the molecule is C1=CC[N-]C=C1.C1CC[N-]CC1.[Cl][Mn][Cl]. The minimum absolute atomic E-state index is 0.00694. The summed E-state index contributed by atoms with van der Waals surface area (Å²) in [6.45, 7) is 3.11. The summed E-state index contributed by atoms with van der Waals surface area (Å²) in [6, 6.07) is 0. The molecule has 1 fully saturated rings. The Labute approximate surface area is 107 Å². The number of hydrogen-bond donors (Lipinski definition) is 0. The van der Waals surface area contributed by atoms with Gasteiger partial charge in [-0.05, 0) is 0 Å². The minimum atomic E-state index is 0.00694. The molecular formula is C10H16Cl2MnN2-2. The Morgan fingerprint density at radius 2 is 1.67 bits per heavy atom. The fraction of sp³-hybridized carbons (Fsp3) is 0.600. The van der Waals surface area contributed by atoms with Crippen molar-refractivity contribution >= 4 is 20.2 Å². The van der Waals surface area contributed by atoms with Crippen LogP contribution in [0.15, 0.2) is 24.4 Å². The summed E-state index contributed by atoms with van der Waals surface area (Å²) in [7, 11) is 9.59. The van der Waals surface area contributed by atoms with Gasteiger partial charge in [0.2, 0.25) is 0 Å². The molecule has 0 unspecified atom stereocenters. The van der Waals surface area contributed by atoms with Gasteiger partial charge in [-0.15, -0.1) is 25.7 Å². The summed E-state index contributed by atoms with van der Waals surface area (Å²) >= 11 is 0.00694. The Hall–Kier alpha value is 0.339. The molecule has 0 bridgehead atoms. The van der Waals surface area contributed by atoms with E-state index in [9.17, 15) is 0 Å². The summed E-state index contributed by atoms with van der Waals surface area (Å²) in [5.41, 5.74) is 0. The Bertz CT molecular complexity index is 147. The Kier molecular flexibility index (Phi) is 14.7. The van der Waals surface area contributed by atoms with Crippen LogP contribution < -0.4 is 0 Å². The van der Waals surface area contributed by atoms with Crippen LogP contribution in [0.2, 0.25) is 0 Å². The molecule has 0 aliphatic carbocycles. The molecule has 0 aromatic heterocycles. The van der Waals surface area contributed by atoms with Gasteiger partial charge < -0.3 is 10.6 Å². The zero-order valence-electron chi connectivity index (χ0n) is 8.58. The molecule has 0 spiro atoms. The molecule has 2 aliphatic heterocycles. The van der Waals surface area contributed by atoms with Crippen molar-refractivity contribution in [3.8, 4) is 0 Å². The number of nitrogens with zero attached hydrogens (tertiary/aromatic N) is 2. The van der Waals surface area contributed by atoms with Gasteiger partial charge >= 0.3 is 33.3 Å². The Morgan fingerprint density at radius 1 is 1.00 bits per heavy atom. The first-order chi connectivity index (χ1) is 7.41. The third-order valence-electron chi connectivity index (χ3n) is 1.78. The second-order valence-corrected chi connectivity index (χ2v) is 4.87. The van der Waals surface area contributed by atoms with E-state index >= 15 is 0 Å². The molecule has 5 heteroatoms. The van der Waals surface area contributed by atoms with Gasteiger partial charge in [-0.3, -0.25) is 0 Å². The summed E-state index contributed by atoms with van der Waals surface area (Å²) in [5, 5.41) is 8.09. The zero-order chi connectivity index (χ0) is 11.2. The molecule has 89 valence electrons. The summed E-state index contributed by atoms with van der Waals surface area (Å²) in [5.74, 6) is 0. The number of rotatable bonds is 0. The molecule has 2 heterocycles. The van der Waals surface area contributed by atoms with Crippen LogP contribution in [0.4, 0.5) is 0 Å². The van der Waals surface area contributed by atoms with E-state index in [2.05, 4.69) is 10.6 Å². The van der Waals surface area contributed by atoms with Crippen LogP contribution in [0.3, 0.4) is 0 Å². The van der Waals surface area contributed by atoms with Gasteiger partial charge in [0.15, 0.2) is 0 Å². The molecule has 0 aromatic carbocycles. The number of halogens is 2. The van der Waals surface area contributed by atoms with Crippen molar-refractivity contribution in [3.63, 3.8) is 0 Å². The Balaban J connectivity index is 0.000000210. The molecule has 2 nitrogen and oxygen atoms in total. The first-order valence-corrected chi connectivity index (χ1v) is 8.15. The molecular weight excluding hydrogens is 274 g/mol. The van der Waals surface area contributed by atoms with E-state index in [-0.39, 0.29) is 13.1 Å². The Morgan fingerprint density at radius 3 is 1.80 bits per heavy atom. The second-order valence-electron chi connectivity index (χ2n) is 2.92. The van der Waals surface area contributed by atoms with Gasteiger partial charge in [0.1, 0.15) is 0 Å². The van der Waals surface area contributed by atoms with Crippen molar-refractivity contribution in [2.75, 3.05) is 19.6 Å². The molecule has 0 radical (unpaired) electrons. The topological polar surface area (TPSA) is 28.2 Å². The van der Waals surface area contributed by atoms with Gasteiger partial charge in [0, 0.05) is 0 Å². The van der Waals surface area contributed by atoms with Crippen LogP contribution in [0, 0.1) is 0 Å². The van der Waals surface area contributed by atoms with Crippen LogP contribution in [-0.4, -0.2) is 19.6 Å². The molecule has 0 amide bonds. The van der Waals surface area contributed by atoms with E-state index in [1.54, 1.807) is 6.20 Å². The summed E-state index contributed by atoms with van der Waals surface area (Å²) in [4.78, 5) is 0. The van der Waals surface area contributed by atoms with Crippen molar-refractivity contribution in [2.24, 2.45) is 0 Å². The molecule has 2 aliphatic rings. The molecule has 2 rings (SSSR count). The molecule has 0 saturated carbocycles. The third kappa shape index (κ3) is 14.3. The van der Waals surface area contributed by atoms with E-state index < -0.39 is 0 Å². The zero-order valence-corrected chi connectivity index (χ0v) is 11.3. The van der Waals surface area contributed by atoms with E-state index in [1.807, 2.05) is 18.2 Å². The monoisotopic (exact) mass is 289 g/mol. The molecule has 0 aromatic rings. The van der Waals surface area contributed by atoms with Crippen molar-refractivity contribution in [3.05, 3.63) is 35.1 Å². The second kappa shape index (κ2) is 14.3. The van der Waals surface area contributed by atoms with Gasteiger partial charge in [0.05, 0.1) is 0 Å². The average Bonchev–Trinajstić information content (AvgIpc) is 2.35. The number of hydrogen-bond acceptors (Lipinski definition) is 0. The predicted octanol–water partition coefficient (Wildman–Crippen LogP) is 4.36. The van der Waals surface area contributed by atoms with Crippen LogP contribution in [0.25, 0.3) is 10.6 Å². The van der Waals surface area contributed by atoms with Crippen molar-refractivity contribution in [1.29, 1.82) is 0 Å². The maximum atomic E-state index is 4.80. The average molecular weight is 290 g/mol. The van der Waals surface area contributed by atoms with Gasteiger partial charge in [-0.1, -0.05) is 31.4 Å². The van der Waals surface area contributed by atoms with Gasteiger partial charge in [-0.2, -0.15) is 6.20 Å². The fourth-order valence-electron chi connectivity index (χ4n) is 1.11. The standard InChI is InChI=1S/C5H10N.C5H6N.2ClH.Mn/c2*1-2-4-6-5-3-1;;;/h1-5H2;1-4H,5H2;2*1H;/q2*-1;;;+2/p-2. The van der Waals surface area contributed by atoms with Crippen LogP contribution in [0.1, 0.15) is 19.3 Å². The quantitative estimate of drug-likeness (QED) is 0.593. The van der Waals surface area contributed by atoms with E-state index in [4.69, 9.17) is 20.2 Å². The van der Waals surface area contributed by atoms with Gasteiger partial charge in [0.25, 0.3) is 0 Å². The molecule has 0 N–H and O–H groups in total. The fourth-order valence-corrected chi connectivity index (χ4v) is 1.11. The van der Waals surface area contributed by atoms with Crippen LogP contribution in [-0.2, 0) is 13.1 Å². The molecule has 1 saturated heterocycles. The van der Waals surface area contributed by atoms with E-state index in [1.165, 1.54) is 19.3 Å². The number of allylic oxidation sites excluding steroid dienone is 2. The van der Waals surface area contributed by atoms with Crippen molar-refractivity contribution < 1.29 is 13.1 Å². The molecule has 0 atom stereocenters. The van der Waals surface area contributed by atoms with E-state index in [0.29, 0.717) is 0 Å². The third-order valence-corrected chi connectivity index (χ3v) is 1.78. The maximum absolute atomic E-state index is 4.80. The summed E-state index contributed by atoms with van der Waals surface area (Å²) in [6.07, 6.45) is 11.8. The summed E-state index contributed by atoms with van der Waals surface area (Å²) < 4.78 is 0. The van der Waals surface area contributed by atoms with Crippen LogP contribution in [0.5, 0.6) is 0 Å².